The number of hydrogen-bond donors (Lipinski definition) is 2. The van der Waals surface area contributed by atoms with Gasteiger partial charge < -0.3 is 10.6 Å². The molecular formula is C19H27N3. The largest absolute Gasteiger partial charge is 0.316 e. The molecule has 3 rings (SSSR count). The molecule has 1 aliphatic carbocycles. The van der Waals surface area contributed by atoms with Gasteiger partial charge in [-0.1, -0.05) is 29.8 Å². The van der Waals surface area contributed by atoms with Crippen molar-refractivity contribution in [3.8, 4) is 6.07 Å². The number of nitrogens with zero attached hydrogens (tertiary/aromatic N) is 1. The molecule has 0 aromatic heterocycles. The molecule has 0 radical (unpaired) electrons. The van der Waals surface area contributed by atoms with Crippen LogP contribution >= 0.6 is 0 Å². The van der Waals surface area contributed by atoms with Gasteiger partial charge in [0.2, 0.25) is 0 Å². The van der Waals surface area contributed by atoms with Crippen molar-refractivity contribution in [2.45, 2.75) is 50.5 Å². The maximum absolute atomic E-state index is 9.80. The van der Waals surface area contributed by atoms with Crippen LogP contribution in [0.3, 0.4) is 0 Å². The molecule has 0 amide bonds. The highest BCUT2D eigenvalue weighted by Gasteiger charge is 2.37. The van der Waals surface area contributed by atoms with Gasteiger partial charge in [-0.15, -0.1) is 0 Å². The first-order valence-corrected chi connectivity index (χ1v) is 8.64. The van der Waals surface area contributed by atoms with E-state index in [-0.39, 0.29) is 5.41 Å². The summed E-state index contributed by atoms with van der Waals surface area (Å²) < 4.78 is 0. The third-order valence-corrected chi connectivity index (χ3v) is 5.48. The average molecular weight is 297 g/mol. The topological polar surface area (TPSA) is 47.9 Å². The minimum Gasteiger partial charge on any atom is -0.316 e. The molecule has 2 aliphatic rings. The van der Waals surface area contributed by atoms with Gasteiger partial charge >= 0.3 is 0 Å². The number of aryl methyl sites for hydroxylation is 1. The second-order valence-electron chi connectivity index (χ2n) is 7.10. The Kier molecular flexibility index (Phi) is 4.81. The fourth-order valence-electron chi connectivity index (χ4n) is 3.94. The van der Waals surface area contributed by atoms with Crippen LogP contribution in [-0.4, -0.2) is 25.7 Å². The summed E-state index contributed by atoms with van der Waals surface area (Å²) in [6.07, 6.45) is 5.48. The predicted molar refractivity (Wildman–Crippen MR) is 89.7 cm³/mol. The van der Waals surface area contributed by atoms with E-state index in [0.717, 1.165) is 44.7 Å². The van der Waals surface area contributed by atoms with Gasteiger partial charge in [-0.3, -0.25) is 0 Å². The summed E-state index contributed by atoms with van der Waals surface area (Å²) in [6.45, 7) is 5.56. The molecule has 1 aromatic carbocycles. The first-order chi connectivity index (χ1) is 10.7. The minimum absolute atomic E-state index is 0.265. The first-order valence-electron chi connectivity index (χ1n) is 8.64. The number of hydrogen-bond acceptors (Lipinski definition) is 3. The van der Waals surface area contributed by atoms with Gasteiger partial charge in [0.25, 0.3) is 0 Å². The number of nitriles is 1. The Morgan fingerprint density at radius 3 is 2.77 bits per heavy atom. The van der Waals surface area contributed by atoms with E-state index in [1.807, 2.05) is 0 Å². The van der Waals surface area contributed by atoms with Crippen LogP contribution < -0.4 is 10.6 Å². The molecule has 3 heteroatoms. The molecule has 0 bridgehead atoms. The van der Waals surface area contributed by atoms with E-state index in [4.69, 9.17) is 0 Å². The molecule has 22 heavy (non-hydrogen) atoms. The van der Waals surface area contributed by atoms with Crippen molar-refractivity contribution in [2.24, 2.45) is 5.92 Å². The van der Waals surface area contributed by atoms with Crippen LogP contribution in [0.25, 0.3) is 0 Å². The van der Waals surface area contributed by atoms with Crippen LogP contribution in [0.15, 0.2) is 24.3 Å². The van der Waals surface area contributed by atoms with Gasteiger partial charge in [-0.2, -0.15) is 5.26 Å². The highest BCUT2D eigenvalue weighted by atomic mass is 15.0. The lowest BCUT2D eigenvalue weighted by Crippen LogP contribution is -2.41. The van der Waals surface area contributed by atoms with Crippen LogP contribution in [0.5, 0.6) is 0 Å². The Labute approximate surface area is 134 Å². The van der Waals surface area contributed by atoms with E-state index in [0.29, 0.717) is 6.04 Å². The predicted octanol–water partition coefficient (Wildman–Crippen LogP) is 2.90. The molecule has 1 aromatic rings. The van der Waals surface area contributed by atoms with Gasteiger partial charge in [0, 0.05) is 6.04 Å². The molecule has 118 valence electrons. The molecule has 0 spiro atoms. The van der Waals surface area contributed by atoms with Crippen LogP contribution in [0.2, 0.25) is 0 Å². The maximum Gasteiger partial charge on any atom is 0.0823 e. The summed E-state index contributed by atoms with van der Waals surface area (Å²) in [6, 6.07) is 11.8. The van der Waals surface area contributed by atoms with Gasteiger partial charge in [-0.25, -0.2) is 0 Å². The third-order valence-electron chi connectivity index (χ3n) is 5.48. The lowest BCUT2D eigenvalue weighted by atomic mass is 9.69. The summed E-state index contributed by atoms with van der Waals surface area (Å²) in [4.78, 5) is 0. The quantitative estimate of drug-likeness (QED) is 0.898. The van der Waals surface area contributed by atoms with Gasteiger partial charge in [-0.05, 0) is 70.1 Å². The fourth-order valence-corrected chi connectivity index (χ4v) is 3.94. The lowest BCUT2D eigenvalue weighted by Gasteiger charge is -2.36. The van der Waals surface area contributed by atoms with Gasteiger partial charge in [0.15, 0.2) is 0 Å². The molecule has 3 nitrogen and oxygen atoms in total. The molecule has 1 aliphatic heterocycles. The van der Waals surface area contributed by atoms with Crippen LogP contribution in [0, 0.1) is 24.2 Å². The first kappa shape index (κ1) is 15.5. The molecule has 1 saturated heterocycles. The van der Waals surface area contributed by atoms with Gasteiger partial charge in [0.05, 0.1) is 11.5 Å². The summed E-state index contributed by atoms with van der Waals surface area (Å²) >= 11 is 0. The Balaban J connectivity index is 1.58. The van der Waals surface area contributed by atoms with Crippen molar-refractivity contribution in [3.63, 3.8) is 0 Å². The van der Waals surface area contributed by atoms with Crippen LogP contribution in [0.4, 0.5) is 0 Å². The zero-order chi connectivity index (χ0) is 15.4. The highest BCUT2D eigenvalue weighted by Crippen LogP contribution is 2.39. The summed E-state index contributed by atoms with van der Waals surface area (Å²) in [5.74, 6) is 0.791. The van der Waals surface area contributed by atoms with E-state index < -0.39 is 0 Å². The highest BCUT2D eigenvalue weighted by molar-refractivity contribution is 5.35. The fraction of sp³-hybridized carbons (Fsp3) is 0.632. The zero-order valence-electron chi connectivity index (χ0n) is 13.6. The Hall–Kier alpha value is -1.37. The summed E-state index contributed by atoms with van der Waals surface area (Å²) in [5.41, 5.74) is 2.20. The standard InChI is InChI=1S/C19H27N3/c1-15-3-2-4-17(11-15)19(14-20)8-5-18(6-9-19)22-13-16-7-10-21-12-16/h2-4,11,16,18,21-22H,5-10,12-13H2,1H3. The Bertz CT molecular complexity index is 532. The molecule has 1 unspecified atom stereocenters. The van der Waals surface area contributed by atoms with Gasteiger partial charge in [0.1, 0.15) is 0 Å². The van der Waals surface area contributed by atoms with Crippen molar-refractivity contribution in [2.75, 3.05) is 19.6 Å². The van der Waals surface area contributed by atoms with E-state index in [1.54, 1.807) is 0 Å². The number of benzene rings is 1. The summed E-state index contributed by atoms with van der Waals surface area (Å²) in [5, 5.41) is 17.0. The Morgan fingerprint density at radius 1 is 1.32 bits per heavy atom. The number of rotatable bonds is 4. The van der Waals surface area contributed by atoms with Crippen LogP contribution in [-0.2, 0) is 5.41 Å². The van der Waals surface area contributed by atoms with E-state index in [1.165, 1.54) is 24.1 Å². The molecular weight excluding hydrogens is 270 g/mol. The zero-order valence-corrected chi connectivity index (χ0v) is 13.6. The van der Waals surface area contributed by atoms with Crippen molar-refractivity contribution in [1.29, 1.82) is 5.26 Å². The normalized spacial score (nSPS) is 31.8. The number of nitrogens with one attached hydrogen (secondary N) is 2. The lowest BCUT2D eigenvalue weighted by molar-refractivity contribution is 0.287. The molecule has 2 N–H and O–H groups in total. The van der Waals surface area contributed by atoms with Crippen molar-refractivity contribution >= 4 is 0 Å². The SMILES string of the molecule is Cc1cccc(C2(C#N)CCC(NCC3CCNC3)CC2)c1. The van der Waals surface area contributed by atoms with E-state index in [9.17, 15) is 5.26 Å². The van der Waals surface area contributed by atoms with E-state index >= 15 is 0 Å². The molecule has 1 atom stereocenters. The third kappa shape index (κ3) is 3.34. The molecule has 1 saturated carbocycles. The second-order valence-corrected chi connectivity index (χ2v) is 7.10. The average Bonchev–Trinajstić information content (AvgIpc) is 3.07. The monoisotopic (exact) mass is 297 g/mol. The van der Waals surface area contributed by atoms with Crippen molar-refractivity contribution in [3.05, 3.63) is 35.4 Å². The van der Waals surface area contributed by atoms with Crippen molar-refractivity contribution in [1.82, 2.24) is 10.6 Å². The Morgan fingerprint density at radius 2 is 2.14 bits per heavy atom. The van der Waals surface area contributed by atoms with E-state index in [2.05, 4.69) is 47.9 Å². The summed E-state index contributed by atoms with van der Waals surface area (Å²) in [7, 11) is 0. The van der Waals surface area contributed by atoms with Crippen LogP contribution in [0.1, 0.15) is 43.2 Å². The molecule has 1 heterocycles. The molecule has 2 fully saturated rings. The second kappa shape index (κ2) is 6.81. The van der Waals surface area contributed by atoms with Crippen molar-refractivity contribution < 1.29 is 0 Å². The minimum atomic E-state index is -0.265. The smallest absolute Gasteiger partial charge is 0.0823 e. The maximum atomic E-state index is 9.80.